The number of carbonyl (C=O) groups excluding carboxylic acids is 1. The van der Waals surface area contributed by atoms with E-state index < -0.39 is 18.1 Å². The van der Waals surface area contributed by atoms with Gasteiger partial charge in [0.05, 0.1) is 36.4 Å². The third-order valence-corrected chi connectivity index (χ3v) is 6.91. The van der Waals surface area contributed by atoms with Gasteiger partial charge in [-0.05, 0) is 62.8 Å². The number of rotatable bonds is 10. The van der Waals surface area contributed by atoms with E-state index in [0.717, 1.165) is 53.9 Å². The first-order valence-electron chi connectivity index (χ1n) is 13.5. The third-order valence-electron chi connectivity index (χ3n) is 6.91. The van der Waals surface area contributed by atoms with Gasteiger partial charge in [0.15, 0.2) is 0 Å². The average molecular weight is 525 g/mol. The minimum atomic E-state index is -0.896. The second-order valence-corrected chi connectivity index (χ2v) is 10.8. The molecule has 1 aromatic carbocycles. The smallest absolute Gasteiger partial charge is 0.325 e. The maximum absolute atomic E-state index is 12.5. The highest BCUT2D eigenvalue weighted by molar-refractivity contribution is 5.81. The number of nitrogens with one attached hydrogen (secondary N) is 1. The first kappa shape index (κ1) is 28.0. The minimum absolute atomic E-state index is 0.0278. The fourth-order valence-electron chi connectivity index (χ4n) is 4.86. The molecule has 3 aromatic rings. The minimum Gasteiger partial charge on any atom is -0.464 e. The lowest BCUT2D eigenvalue weighted by Crippen LogP contribution is -2.45. The second kappa shape index (κ2) is 12.2. The molecule has 0 amide bonds. The molecule has 1 saturated heterocycles. The maximum atomic E-state index is 12.5. The summed E-state index contributed by atoms with van der Waals surface area (Å²) in [6.07, 6.45) is 4.27. The van der Waals surface area contributed by atoms with E-state index in [2.05, 4.69) is 9.88 Å². The molecule has 3 heterocycles. The summed E-state index contributed by atoms with van der Waals surface area (Å²) in [4.78, 5) is 29.8. The number of esters is 1. The summed E-state index contributed by atoms with van der Waals surface area (Å²) in [6, 6.07) is 7.10. The Balaban J connectivity index is 1.64. The van der Waals surface area contributed by atoms with Crippen LogP contribution in [0.1, 0.15) is 51.2 Å². The van der Waals surface area contributed by atoms with Crippen molar-refractivity contribution >= 4 is 17.0 Å². The van der Waals surface area contributed by atoms with Gasteiger partial charge in [-0.3, -0.25) is 14.9 Å². The Morgan fingerprint density at radius 3 is 2.71 bits per heavy atom. The Morgan fingerprint density at radius 2 is 2.05 bits per heavy atom. The number of carbonyl (C=O) groups is 1. The van der Waals surface area contributed by atoms with Gasteiger partial charge in [-0.1, -0.05) is 19.9 Å². The van der Waals surface area contributed by atoms with Gasteiger partial charge in [0, 0.05) is 37.5 Å². The molecule has 2 unspecified atom stereocenters. The zero-order chi connectivity index (χ0) is 27.4. The molecule has 2 aromatic heterocycles. The van der Waals surface area contributed by atoms with Gasteiger partial charge in [-0.15, -0.1) is 0 Å². The molecule has 0 aliphatic carbocycles. The lowest BCUT2D eigenvalue weighted by atomic mass is 10.1. The van der Waals surface area contributed by atoms with Crippen molar-refractivity contribution in [2.24, 2.45) is 13.0 Å². The van der Waals surface area contributed by atoms with Crippen LogP contribution in [0.3, 0.4) is 0 Å². The van der Waals surface area contributed by atoms with Crippen LogP contribution in [-0.2, 0) is 34.4 Å². The largest absolute Gasteiger partial charge is 0.464 e. The van der Waals surface area contributed by atoms with Crippen LogP contribution >= 0.6 is 0 Å². The van der Waals surface area contributed by atoms with Crippen LogP contribution in [0, 0.1) is 12.8 Å². The zero-order valence-electron chi connectivity index (χ0n) is 23.1. The lowest BCUT2D eigenvalue weighted by molar-refractivity contribution is -0.150. The molecule has 4 rings (SSSR count). The molecule has 9 heteroatoms. The van der Waals surface area contributed by atoms with Crippen LogP contribution in [0.15, 0.2) is 35.3 Å². The van der Waals surface area contributed by atoms with Gasteiger partial charge in [-0.2, -0.15) is 0 Å². The number of aromatic nitrogens is 3. The average Bonchev–Trinajstić information content (AvgIpc) is 3.23. The van der Waals surface area contributed by atoms with Gasteiger partial charge in [0.1, 0.15) is 11.9 Å². The number of imidazole rings is 1. The normalized spacial score (nSPS) is 17.6. The van der Waals surface area contributed by atoms with Crippen LogP contribution in [0.4, 0.5) is 0 Å². The Kier molecular flexibility index (Phi) is 9.02. The third kappa shape index (κ3) is 6.51. The summed E-state index contributed by atoms with van der Waals surface area (Å²) < 4.78 is 15.2. The SMILES string of the molecule is Cc1cc(-c2nc3cc(CNC(C(=O)OCC(C)C)C(C)O)ccc3n2C[C@@H]2CCCCO2)cn(C)c1=O. The Labute approximate surface area is 223 Å². The topological polar surface area (TPSA) is 108 Å². The Morgan fingerprint density at radius 1 is 1.26 bits per heavy atom. The van der Waals surface area contributed by atoms with Gasteiger partial charge in [0.25, 0.3) is 5.56 Å². The molecule has 0 bridgehead atoms. The summed E-state index contributed by atoms with van der Waals surface area (Å²) in [7, 11) is 1.75. The fourth-order valence-corrected chi connectivity index (χ4v) is 4.86. The highest BCUT2D eigenvalue weighted by Gasteiger charge is 2.25. The van der Waals surface area contributed by atoms with Crippen LogP contribution in [0.5, 0.6) is 0 Å². The molecular formula is C29H40N4O5. The molecule has 1 fully saturated rings. The number of ether oxygens (including phenoxy) is 2. The predicted octanol–water partition coefficient (Wildman–Crippen LogP) is 3.32. The van der Waals surface area contributed by atoms with E-state index in [4.69, 9.17) is 14.5 Å². The van der Waals surface area contributed by atoms with Crippen molar-refractivity contribution < 1.29 is 19.4 Å². The first-order valence-corrected chi connectivity index (χ1v) is 13.5. The summed E-state index contributed by atoms with van der Waals surface area (Å²) in [5.41, 5.74) is 4.24. The molecular weight excluding hydrogens is 484 g/mol. The van der Waals surface area contributed by atoms with Crippen molar-refractivity contribution in [3.05, 3.63) is 51.9 Å². The maximum Gasteiger partial charge on any atom is 0.325 e. The van der Waals surface area contributed by atoms with E-state index in [1.807, 2.05) is 51.2 Å². The van der Waals surface area contributed by atoms with E-state index in [1.165, 1.54) is 0 Å². The summed E-state index contributed by atoms with van der Waals surface area (Å²) >= 11 is 0. The highest BCUT2D eigenvalue weighted by atomic mass is 16.5. The number of benzene rings is 1. The monoisotopic (exact) mass is 524 g/mol. The number of nitrogens with zero attached hydrogens (tertiary/aromatic N) is 3. The van der Waals surface area contributed by atoms with Gasteiger partial charge < -0.3 is 23.7 Å². The quantitative estimate of drug-likeness (QED) is 0.392. The van der Waals surface area contributed by atoms with Crippen molar-refractivity contribution in [1.82, 2.24) is 19.4 Å². The van der Waals surface area contributed by atoms with Gasteiger partial charge in [-0.25, -0.2) is 4.98 Å². The van der Waals surface area contributed by atoms with E-state index in [0.29, 0.717) is 25.3 Å². The second-order valence-electron chi connectivity index (χ2n) is 10.8. The van der Waals surface area contributed by atoms with Crippen molar-refractivity contribution in [2.45, 2.75) is 78.3 Å². The summed E-state index contributed by atoms with van der Waals surface area (Å²) in [6.45, 7) is 9.46. The van der Waals surface area contributed by atoms with Crippen LogP contribution in [0.25, 0.3) is 22.4 Å². The summed E-state index contributed by atoms with van der Waals surface area (Å²) in [5.74, 6) is 0.547. The number of hydrogen-bond donors (Lipinski definition) is 2. The molecule has 0 saturated carbocycles. The van der Waals surface area contributed by atoms with E-state index in [9.17, 15) is 14.7 Å². The van der Waals surface area contributed by atoms with E-state index >= 15 is 0 Å². The predicted molar refractivity (Wildman–Crippen MR) is 147 cm³/mol. The number of fused-ring (bicyclic) bond motifs is 1. The van der Waals surface area contributed by atoms with Crippen molar-refractivity contribution in [3.8, 4) is 11.4 Å². The first-order chi connectivity index (χ1) is 18.1. The van der Waals surface area contributed by atoms with Gasteiger partial charge >= 0.3 is 5.97 Å². The zero-order valence-corrected chi connectivity index (χ0v) is 23.1. The molecule has 2 N–H and O–H groups in total. The molecule has 0 spiro atoms. The van der Waals surface area contributed by atoms with E-state index in [1.54, 1.807) is 18.5 Å². The number of pyridine rings is 1. The number of aliphatic hydroxyl groups excluding tert-OH is 1. The van der Waals surface area contributed by atoms with Crippen LogP contribution in [-0.4, -0.2) is 56.7 Å². The van der Waals surface area contributed by atoms with Crippen molar-refractivity contribution in [3.63, 3.8) is 0 Å². The highest BCUT2D eigenvalue weighted by Crippen LogP contribution is 2.28. The van der Waals surface area contributed by atoms with Crippen LogP contribution < -0.4 is 10.9 Å². The summed E-state index contributed by atoms with van der Waals surface area (Å²) in [5, 5.41) is 13.3. The Bertz CT molecular complexity index is 1290. The van der Waals surface area contributed by atoms with Crippen molar-refractivity contribution in [1.29, 1.82) is 0 Å². The number of aliphatic hydroxyl groups is 1. The molecule has 1 aliphatic rings. The van der Waals surface area contributed by atoms with Gasteiger partial charge in [0.2, 0.25) is 0 Å². The fraction of sp³-hybridized carbons (Fsp3) is 0.552. The molecule has 0 radical (unpaired) electrons. The molecule has 3 atom stereocenters. The molecule has 1 aliphatic heterocycles. The molecule has 38 heavy (non-hydrogen) atoms. The number of aryl methyl sites for hydroxylation is 2. The standard InChI is InChI=1S/C29H40N4O5/c1-18(2)17-38-29(36)26(20(4)34)30-14-21-9-10-25-24(13-21)31-27(22-12-19(3)28(35)32(5)15-22)33(25)16-23-8-6-7-11-37-23/h9-10,12-13,15,18,20,23,26,30,34H,6-8,11,14,16-17H2,1-5H3/t20?,23-,26?/m0/s1. The van der Waals surface area contributed by atoms with E-state index in [-0.39, 0.29) is 17.6 Å². The molecule has 9 nitrogen and oxygen atoms in total. The lowest BCUT2D eigenvalue weighted by Gasteiger charge is -2.24. The number of hydrogen-bond acceptors (Lipinski definition) is 7. The molecule has 206 valence electrons. The van der Waals surface area contributed by atoms with Crippen molar-refractivity contribution in [2.75, 3.05) is 13.2 Å². The van der Waals surface area contributed by atoms with Crippen LogP contribution in [0.2, 0.25) is 0 Å². The Hall–Kier alpha value is -3.01.